The highest BCUT2D eigenvalue weighted by atomic mass is 79.9. The standard InChI is InChI=1S/C17H17N3O2.BrH/c1-12-6-2-5-9-15(12)22-11-16(21)19-20-10-13-7-3-4-8-14(13)17(20)18;/h2-9,18H,10-11H2,1H3,(H,19,21);1H. The first-order chi connectivity index (χ1) is 10.6. The first-order valence-corrected chi connectivity index (χ1v) is 7.07. The second-order valence-corrected chi connectivity index (χ2v) is 5.18. The van der Waals surface area contributed by atoms with Gasteiger partial charge in [-0.25, -0.2) is 0 Å². The molecule has 2 N–H and O–H groups in total. The van der Waals surface area contributed by atoms with E-state index in [1.807, 2.05) is 55.5 Å². The lowest BCUT2D eigenvalue weighted by Crippen LogP contribution is -2.44. The van der Waals surface area contributed by atoms with E-state index in [4.69, 9.17) is 10.1 Å². The number of nitrogens with one attached hydrogen (secondary N) is 2. The Balaban J connectivity index is 0.00000192. The van der Waals surface area contributed by atoms with Crippen LogP contribution in [0.15, 0.2) is 48.5 Å². The van der Waals surface area contributed by atoms with Gasteiger partial charge in [0.15, 0.2) is 6.61 Å². The Morgan fingerprint density at radius 3 is 2.65 bits per heavy atom. The van der Waals surface area contributed by atoms with E-state index in [0.29, 0.717) is 18.1 Å². The van der Waals surface area contributed by atoms with E-state index in [-0.39, 0.29) is 29.5 Å². The maximum atomic E-state index is 12.0. The molecule has 2 aromatic carbocycles. The SMILES string of the molecule is Br.Cc1ccccc1OCC(=O)NN1Cc2ccccc2C1=N. The number of hydrogen-bond acceptors (Lipinski definition) is 3. The van der Waals surface area contributed by atoms with Crippen LogP contribution < -0.4 is 10.2 Å². The number of carbonyl (C=O) groups is 1. The van der Waals surface area contributed by atoms with E-state index < -0.39 is 0 Å². The van der Waals surface area contributed by atoms with Gasteiger partial charge in [0.05, 0.1) is 6.54 Å². The fourth-order valence-corrected chi connectivity index (χ4v) is 2.42. The van der Waals surface area contributed by atoms with Crippen molar-refractivity contribution in [3.8, 4) is 5.75 Å². The molecule has 0 fully saturated rings. The number of halogens is 1. The minimum atomic E-state index is -0.277. The summed E-state index contributed by atoms with van der Waals surface area (Å²) in [5.41, 5.74) is 5.58. The maximum absolute atomic E-state index is 12.0. The summed E-state index contributed by atoms with van der Waals surface area (Å²) in [5.74, 6) is 0.720. The van der Waals surface area contributed by atoms with Crippen LogP contribution in [-0.4, -0.2) is 23.4 Å². The van der Waals surface area contributed by atoms with Gasteiger partial charge >= 0.3 is 0 Å². The van der Waals surface area contributed by atoms with Crippen molar-refractivity contribution in [1.29, 1.82) is 5.41 Å². The van der Waals surface area contributed by atoms with Crippen LogP contribution >= 0.6 is 17.0 Å². The van der Waals surface area contributed by atoms with E-state index in [9.17, 15) is 4.79 Å². The van der Waals surface area contributed by atoms with Crippen molar-refractivity contribution in [2.75, 3.05) is 6.61 Å². The Morgan fingerprint density at radius 1 is 1.22 bits per heavy atom. The topological polar surface area (TPSA) is 65.4 Å². The molecule has 0 aliphatic carbocycles. The molecule has 3 rings (SSSR count). The smallest absolute Gasteiger partial charge is 0.276 e. The summed E-state index contributed by atoms with van der Waals surface area (Å²) < 4.78 is 5.51. The number of ether oxygens (including phenoxy) is 1. The molecule has 0 bridgehead atoms. The molecule has 0 aromatic heterocycles. The third-order valence-electron chi connectivity index (χ3n) is 3.58. The third-order valence-corrected chi connectivity index (χ3v) is 3.58. The van der Waals surface area contributed by atoms with Crippen LogP contribution in [0.2, 0.25) is 0 Å². The van der Waals surface area contributed by atoms with Crippen LogP contribution in [0.25, 0.3) is 0 Å². The number of hydrogen-bond donors (Lipinski definition) is 2. The number of hydrazine groups is 1. The Bertz CT molecular complexity index is 733. The van der Waals surface area contributed by atoms with E-state index in [0.717, 1.165) is 16.7 Å². The molecule has 1 amide bonds. The molecule has 2 aromatic rings. The van der Waals surface area contributed by atoms with E-state index in [1.54, 1.807) is 0 Å². The van der Waals surface area contributed by atoms with Gasteiger partial charge in [0.25, 0.3) is 5.91 Å². The highest BCUT2D eigenvalue weighted by molar-refractivity contribution is 8.93. The molecule has 0 radical (unpaired) electrons. The molecule has 0 unspecified atom stereocenters. The minimum absolute atomic E-state index is 0. The third kappa shape index (κ3) is 3.71. The monoisotopic (exact) mass is 375 g/mol. The lowest BCUT2D eigenvalue weighted by Gasteiger charge is -2.19. The van der Waals surface area contributed by atoms with Crippen LogP contribution in [-0.2, 0) is 11.3 Å². The first kappa shape index (κ1) is 17.0. The molecular formula is C17H18BrN3O2. The molecule has 23 heavy (non-hydrogen) atoms. The van der Waals surface area contributed by atoms with Crippen molar-refractivity contribution < 1.29 is 9.53 Å². The molecule has 1 aliphatic heterocycles. The number of para-hydroxylation sites is 1. The van der Waals surface area contributed by atoms with Gasteiger partial charge in [-0.05, 0) is 24.1 Å². The Morgan fingerprint density at radius 2 is 1.91 bits per heavy atom. The lowest BCUT2D eigenvalue weighted by atomic mass is 10.1. The van der Waals surface area contributed by atoms with Gasteiger partial charge in [-0.15, -0.1) is 17.0 Å². The van der Waals surface area contributed by atoms with Crippen molar-refractivity contribution in [2.24, 2.45) is 0 Å². The van der Waals surface area contributed by atoms with Gasteiger partial charge in [-0.2, -0.15) is 0 Å². The summed E-state index contributed by atoms with van der Waals surface area (Å²) in [6, 6.07) is 15.2. The molecule has 1 heterocycles. The maximum Gasteiger partial charge on any atom is 0.276 e. The van der Waals surface area contributed by atoms with Gasteiger partial charge in [-0.1, -0.05) is 42.5 Å². The summed E-state index contributed by atoms with van der Waals surface area (Å²) in [5, 5.41) is 9.62. The number of amidine groups is 1. The summed E-state index contributed by atoms with van der Waals surface area (Å²) in [6.07, 6.45) is 0. The molecule has 0 saturated carbocycles. The van der Waals surface area contributed by atoms with Crippen molar-refractivity contribution in [3.63, 3.8) is 0 Å². The van der Waals surface area contributed by atoms with E-state index >= 15 is 0 Å². The molecule has 5 nitrogen and oxygen atoms in total. The number of nitrogens with zero attached hydrogens (tertiary/aromatic N) is 1. The summed E-state index contributed by atoms with van der Waals surface area (Å²) in [7, 11) is 0. The van der Waals surface area contributed by atoms with Crippen molar-refractivity contribution in [3.05, 3.63) is 65.2 Å². The fourth-order valence-electron chi connectivity index (χ4n) is 2.42. The summed E-state index contributed by atoms with van der Waals surface area (Å²) in [4.78, 5) is 12.0. The van der Waals surface area contributed by atoms with Crippen molar-refractivity contribution in [1.82, 2.24) is 10.4 Å². The number of fused-ring (bicyclic) bond motifs is 1. The van der Waals surface area contributed by atoms with E-state index in [1.165, 1.54) is 5.01 Å². The number of carbonyl (C=O) groups excluding carboxylic acids is 1. The second-order valence-electron chi connectivity index (χ2n) is 5.18. The van der Waals surface area contributed by atoms with Gasteiger partial charge in [0.2, 0.25) is 0 Å². The van der Waals surface area contributed by atoms with Crippen LogP contribution in [0.1, 0.15) is 16.7 Å². The van der Waals surface area contributed by atoms with Crippen LogP contribution in [0.3, 0.4) is 0 Å². The predicted octanol–water partition coefficient (Wildman–Crippen LogP) is 2.82. The van der Waals surface area contributed by atoms with E-state index in [2.05, 4.69) is 5.43 Å². The molecule has 6 heteroatoms. The van der Waals surface area contributed by atoms with Crippen LogP contribution in [0.4, 0.5) is 0 Å². The molecule has 1 aliphatic rings. The molecule has 0 saturated heterocycles. The quantitative estimate of drug-likeness (QED) is 0.863. The minimum Gasteiger partial charge on any atom is -0.483 e. The average molecular weight is 376 g/mol. The summed E-state index contributed by atoms with van der Waals surface area (Å²) in [6.45, 7) is 2.36. The Hall–Kier alpha value is -2.34. The van der Waals surface area contributed by atoms with Gasteiger partial charge in [-0.3, -0.25) is 20.6 Å². The molecule has 120 valence electrons. The highest BCUT2D eigenvalue weighted by Crippen LogP contribution is 2.20. The Labute approximate surface area is 145 Å². The number of rotatable bonds is 4. The molecular weight excluding hydrogens is 358 g/mol. The number of amides is 1. The van der Waals surface area contributed by atoms with Crippen molar-refractivity contribution >= 4 is 28.7 Å². The normalized spacial score (nSPS) is 12.4. The highest BCUT2D eigenvalue weighted by Gasteiger charge is 2.24. The van der Waals surface area contributed by atoms with Crippen LogP contribution in [0, 0.1) is 12.3 Å². The number of benzene rings is 2. The van der Waals surface area contributed by atoms with Crippen LogP contribution in [0.5, 0.6) is 5.75 Å². The average Bonchev–Trinajstić information content (AvgIpc) is 2.83. The van der Waals surface area contributed by atoms with Gasteiger partial charge < -0.3 is 4.74 Å². The zero-order valence-corrected chi connectivity index (χ0v) is 14.4. The Kier molecular flexibility index (Phi) is 5.39. The fraction of sp³-hybridized carbons (Fsp3) is 0.176. The molecule has 0 spiro atoms. The zero-order chi connectivity index (χ0) is 15.5. The number of aryl methyl sites for hydroxylation is 1. The first-order valence-electron chi connectivity index (χ1n) is 7.07. The van der Waals surface area contributed by atoms with Gasteiger partial charge in [0, 0.05) is 5.56 Å². The lowest BCUT2D eigenvalue weighted by molar-refractivity contribution is -0.126. The van der Waals surface area contributed by atoms with Crippen molar-refractivity contribution in [2.45, 2.75) is 13.5 Å². The second kappa shape index (κ2) is 7.28. The summed E-state index contributed by atoms with van der Waals surface area (Å²) >= 11 is 0. The van der Waals surface area contributed by atoms with Gasteiger partial charge in [0.1, 0.15) is 11.6 Å². The predicted molar refractivity (Wildman–Crippen MR) is 94.0 cm³/mol. The molecule has 0 atom stereocenters. The zero-order valence-electron chi connectivity index (χ0n) is 12.7. The largest absolute Gasteiger partial charge is 0.483 e.